The Balaban J connectivity index is 2.18. The van der Waals surface area contributed by atoms with Gasteiger partial charge in [0.25, 0.3) is 0 Å². The van der Waals surface area contributed by atoms with E-state index < -0.39 is 0 Å². The molecule has 0 bridgehead atoms. The predicted molar refractivity (Wildman–Crippen MR) is 94.1 cm³/mol. The van der Waals surface area contributed by atoms with Gasteiger partial charge in [0.1, 0.15) is 5.76 Å². The van der Waals surface area contributed by atoms with E-state index in [2.05, 4.69) is 54.7 Å². The molecule has 0 radical (unpaired) electrons. The molecule has 114 valence electrons. The Kier molecular flexibility index (Phi) is 6.31. The lowest BCUT2D eigenvalue weighted by Crippen LogP contribution is -2.26. The summed E-state index contributed by atoms with van der Waals surface area (Å²) in [4.78, 5) is 0. The standard InChI is InChI=1S/C20H23NO/c1-17-8-3-6-12-20(22-15-7-9-17)14-13-18-10-4-5-11-19(18)16-21-2/h3-5,7-13,15-16,21H,6,14H2,1-2H3/b8-3+,15-7+,17-9-,18-13-,19-16-,20-12-. The maximum Gasteiger partial charge on any atom is 0.103 e. The molecule has 0 aromatic heterocycles. The molecule has 1 N–H and O–H groups in total. The number of allylic oxidation sites excluding steroid dienone is 7. The summed E-state index contributed by atoms with van der Waals surface area (Å²) in [5, 5.41) is 5.46. The Morgan fingerprint density at radius 3 is 2.86 bits per heavy atom. The summed E-state index contributed by atoms with van der Waals surface area (Å²) in [6.45, 7) is 2.08. The van der Waals surface area contributed by atoms with Gasteiger partial charge in [-0.1, -0.05) is 54.1 Å². The molecule has 1 aliphatic heterocycles. The molecular formula is C20H23NO. The van der Waals surface area contributed by atoms with Gasteiger partial charge in [0, 0.05) is 19.7 Å². The van der Waals surface area contributed by atoms with Crippen molar-refractivity contribution < 1.29 is 4.74 Å². The van der Waals surface area contributed by atoms with Crippen LogP contribution < -0.4 is 15.8 Å². The van der Waals surface area contributed by atoms with Gasteiger partial charge in [-0.2, -0.15) is 0 Å². The zero-order valence-electron chi connectivity index (χ0n) is 13.3. The Hall–Kier alpha value is -2.48. The van der Waals surface area contributed by atoms with Crippen LogP contribution in [0.2, 0.25) is 0 Å². The molecule has 0 atom stereocenters. The third kappa shape index (κ3) is 5.13. The van der Waals surface area contributed by atoms with Gasteiger partial charge in [0.2, 0.25) is 0 Å². The van der Waals surface area contributed by atoms with Crippen molar-refractivity contribution in [1.29, 1.82) is 0 Å². The van der Waals surface area contributed by atoms with Gasteiger partial charge < -0.3 is 10.1 Å². The van der Waals surface area contributed by atoms with Crippen LogP contribution in [-0.4, -0.2) is 7.05 Å². The van der Waals surface area contributed by atoms with Crippen LogP contribution in [0.1, 0.15) is 19.8 Å². The second-order valence-corrected chi connectivity index (χ2v) is 5.14. The Morgan fingerprint density at radius 1 is 1.23 bits per heavy atom. The van der Waals surface area contributed by atoms with Crippen molar-refractivity contribution in [3.05, 3.63) is 82.7 Å². The summed E-state index contributed by atoms with van der Waals surface area (Å²) in [7, 11) is 1.91. The molecule has 0 amide bonds. The van der Waals surface area contributed by atoms with E-state index in [0.717, 1.165) is 18.6 Å². The third-order valence-electron chi connectivity index (χ3n) is 3.34. The van der Waals surface area contributed by atoms with Gasteiger partial charge in [0.05, 0.1) is 6.26 Å². The maximum atomic E-state index is 5.73. The first-order chi connectivity index (χ1) is 10.8. The molecule has 0 fully saturated rings. The first-order valence-corrected chi connectivity index (χ1v) is 7.58. The molecule has 1 aromatic rings. The van der Waals surface area contributed by atoms with Gasteiger partial charge in [-0.25, -0.2) is 0 Å². The average molecular weight is 293 g/mol. The number of nitrogens with one attached hydrogen (secondary N) is 1. The van der Waals surface area contributed by atoms with Crippen LogP contribution in [0, 0.1) is 0 Å². The molecule has 0 spiro atoms. The molecule has 0 aliphatic carbocycles. The number of hydrogen-bond acceptors (Lipinski definition) is 2. The van der Waals surface area contributed by atoms with Crippen molar-refractivity contribution in [3.8, 4) is 0 Å². The molecule has 22 heavy (non-hydrogen) atoms. The highest BCUT2D eigenvalue weighted by atomic mass is 16.5. The second kappa shape index (κ2) is 8.73. The summed E-state index contributed by atoms with van der Waals surface area (Å²) >= 11 is 0. The van der Waals surface area contributed by atoms with Crippen molar-refractivity contribution in [2.24, 2.45) is 0 Å². The molecular weight excluding hydrogens is 270 g/mol. The minimum absolute atomic E-state index is 0.773. The predicted octanol–water partition coefficient (Wildman–Crippen LogP) is 3.14. The van der Waals surface area contributed by atoms with E-state index in [4.69, 9.17) is 4.74 Å². The normalized spacial score (nSPS) is 24.5. The summed E-state index contributed by atoms with van der Waals surface area (Å²) in [6.07, 6.45) is 18.0. The minimum Gasteiger partial charge on any atom is -0.469 e. The fourth-order valence-corrected chi connectivity index (χ4v) is 2.20. The Bertz CT molecular complexity index is 720. The first-order valence-electron chi connectivity index (χ1n) is 7.58. The fourth-order valence-electron chi connectivity index (χ4n) is 2.20. The van der Waals surface area contributed by atoms with E-state index in [1.807, 2.05) is 31.5 Å². The van der Waals surface area contributed by atoms with E-state index in [-0.39, 0.29) is 0 Å². The van der Waals surface area contributed by atoms with Crippen molar-refractivity contribution >= 4 is 12.3 Å². The van der Waals surface area contributed by atoms with Gasteiger partial charge in [-0.3, -0.25) is 0 Å². The highest BCUT2D eigenvalue weighted by Crippen LogP contribution is 2.09. The van der Waals surface area contributed by atoms with Crippen molar-refractivity contribution in [2.45, 2.75) is 19.8 Å². The highest BCUT2D eigenvalue weighted by Gasteiger charge is 1.95. The zero-order chi connectivity index (χ0) is 15.6. The lowest BCUT2D eigenvalue weighted by atomic mass is 10.2. The van der Waals surface area contributed by atoms with Crippen LogP contribution in [0.25, 0.3) is 12.3 Å². The lowest BCUT2D eigenvalue weighted by molar-refractivity contribution is 0.343. The molecule has 0 saturated heterocycles. The minimum atomic E-state index is 0.773. The highest BCUT2D eigenvalue weighted by molar-refractivity contribution is 5.33. The van der Waals surface area contributed by atoms with E-state index in [9.17, 15) is 0 Å². The summed E-state index contributed by atoms with van der Waals surface area (Å²) in [6, 6.07) is 8.31. The van der Waals surface area contributed by atoms with Crippen molar-refractivity contribution in [2.75, 3.05) is 7.05 Å². The smallest absolute Gasteiger partial charge is 0.103 e. The Labute approximate surface area is 132 Å². The number of ether oxygens (including phenoxy) is 1. The van der Waals surface area contributed by atoms with Gasteiger partial charge in [-0.05, 0) is 35.9 Å². The van der Waals surface area contributed by atoms with E-state index in [1.165, 1.54) is 16.0 Å². The van der Waals surface area contributed by atoms with Gasteiger partial charge in [-0.15, -0.1) is 0 Å². The third-order valence-corrected chi connectivity index (χ3v) is 3.34. The van der Waals surface area contributed by atoms with Crippen molar-refractivity contribution in [1.82, 2.24) is 5.32 Å². The first kappa shape index (κ1) is 15.9. The largest absolute Gasteiger partial charge is 0.469 e. The SMILES string of the molecule is CN/C=c1/cccc/c1=C/C/C1=C/C/C=C/C(C)=C\C=C\O1. The maximum absolute atomic E-state index is 5.73. The zero-order valence-corrected chi connectivity index (χ0v) is 13.3. The lowest BCUT2D eigenvalue weighted by Gasteiger charge is -2.04. The molecule has 0 unspecified atom stereocenters. The van der Waals surface area contributed by atoms with E-state index in [1.54, 1.807) is 6.26 Å². The topological polar surface area (TPSA) is 21.3 Å². The van der Waals surface area contributed by atoms with Gasteiger partial charge in [0.15, 0.2) is 0 Å². The molecule has 2 nitrogen and oxygen atoms in total. The quantitative estimate of drug-likeness (QED) is 0.924. The van der Waals surface area contributed by atoms with Crippen LogP contribution in [0.15, 0.2) is 72.2 Å². The molecule has 1 heterocycles. The summed E-state index contributed by atoms with van der Waals surface area (Å²) < 4.78 is 5.73. The van der Waals surface area contributed by atoms with Crippen molar-refractivity contribution in [3.63, 3.8) is 0 Å². The van der Waals surface area contributed by atoms with Crippen LogP contribution >= 0.6 is 0 Å². The van der Waals surface area contributed by atoms with Crippen LogP contribution in [0.4, 0.5) is 0 Å². The fraction of sp³-hybridized carbons (Fsp3) is 0.200. The molecule has 1 aromatic carbocycles. The number of rotatable bonds is 3. The van der Waals surface area contributed by atoms with Crippen LogP contribution in [-0.2, 0) is 4.74 Å². The van der Waals surface area contributed by atoms with E-state index in [0.29, 0.717) is 0 Å². The average Bonchev–Trinajstić information content (AvgIpc) is 2.54. The molecule has 2 heteroatoms. The summed E-state index contributed by atoms with van der Waals surface area (Å²) in [5.41, 5.74) is 1.22. The molecule has 2 rings (SSSR count). The number of hydrogen-bond donors (Lipinski definition) is 1. The van der Waals surface area contributed by atoms with Crippen LogP contribution in [0.3, 0.4) is 0 Å². The van der Waals surface area contributed by atoms with Crippen LogP contribution in [0.5, 0.6) is 0 Å². The van der Waals surface area contributed by atoms with Gasteiger partial charge >= 0.3 is 0 Å². The monoisotopic (exact) mass is 293 g/mol. The Morgan fingerprint density at radius 2 is 2.05 bits per heavy atom. The molecule has 0 saturated carbocycles. The second-order valence-electron chi connectivity index (χ2n) is 5.14. The summed E-state index contributed by atoms with van der Waals surface area (Å²) in [5.74, 6) is 0.966. The number of benzene rings is 1. The van der Waals surface area contributed by atoms with E-state index >= 15 is 0 Å². The molecule has 1 aliphatic rings.